The fourth-order valence-electron chi connectivity index (χ4n) is 12.9. The number of halogens is 30. The predicted octanol–water partition coefficient (Wildman–Crippen LogP) is 23.6. The molecule has 6 aromatic rings. The second-order valence-corrected chi connectivity index (χ2v) is 24.1. The third-order valence-electron chi connectivity index (χ3n) is 17.1. The number of unbranched alkanes of at least 4 members (excludes halogenated alkanes) is 6. The highest BCUT2D eigenvalue weighted by Gasteiger charge is 2.74. The van der Waals surface area contributed by atoms with Gasteiger partial charge >= 0.3 is 17.5 Å². The molecular formula is C63H42BF30P. The van der Waals surface area contributed by atoms with E-state index in [9.17, 15) is 43.9 Å². The molecule has 32 heteroatoms. The molecule has 0 amide bonds. The summed E-state index contributed by atoms with van der Waals surface area (Å²) in [5, 5.41) is 0. The molecule has 5 unspecified atom stereocenters. The fourth-order valence-corrected chi connectivity index (χ4v) is 14.2. The standard InChI is InChI=1S/C36H4BF24.C15H27F6P.C12H10/c38-13-1-5(21(46)33(58)29(13)54)17(42)25(50)9(1)37(10-2-6(18(43)26(10)51)22(47)34(59)30(55)14(2)39,11-3-7(19(44)27(11)52)23(48)35(60)31(56)15(3)40)12-4-8(20(45)28(12)53)24(49)36(61)32(57)16(4)41;1-3-5-7-9-11-13(16,17)14(18,19)15(20,21)22-12-10-8-6-4-2;1-3-7-11(8-4-1)12-9-5-2-6-10-12/h9-12H;22H,3-12H2,1-2H3;1-10H/q-1;;/p+1. The van der Waals surface area contributed by atoms with E-state index in [0.29, 0.717) is 25.7 Å². The van der Waals surface area contributed by atoms with Gasteiger partial charge in [0.05, 0.1) is 43.1 Å². The van der Waals surface area contributed by atoms with Crippen LogP contribution < -0.4 is 0 Å². The summed E-state index contributed by atoms with van der Waals surface area (Å²) in [7, 11) is -2.02. The van der Waals surface area contributed by atoms with Gasteiger partial charge in [-0.1, -0.05) is 130 Å². The minimum atomic E-state index is -6.83. The van der Waals surface area contributed by atoms with Crippen LogP contribution in [0.2, 0.25) is 0 Å². The molecule has 0 heterocycles. The van der Waals surface area contributed by atoms with Crippen molar-refractivity contribution in [3.63, 3.8) is 0 Å². The first-order valence-corrected chi connectivity index (χ1v) is 29.7. The molecule has 4 aliphatic carbocycles. The molecule has 5 atom stereocenters. The highest BCUT2D eigenvalue weighted by Crippen LogP contribution is 2.72. The van der Waals surface area contributed by atoms with Crippen molar-refractivity contribution in [3.8, 4) is 11.1 Å². The molecule has 512 valence electrons. The van der Waals surface area contributed by atoms with Gasteiger partial charge in [-0.05, 0) is 52.6 Å². The summed E-state index contributed by atoms with van der Waals surface area (Å²) in [5.41, 5.74) is -24.0. The number of allylic oxidation sites excluding steroid dienone is 4. The highest BCUT2D eigenvalue weighted by atomic mass is 31.1. The summed E-state index contributed by atoms with van der Waals surface area (Å²) < 4.78 is 458. The average Bonchev–Trinajstić information content (AvgIpc) is 1.51. The van der Waals surface area contributed by atoms with E-state index in [2.05, 4.69) is 48.5 Å². The van der Waals surface area contributed by atoms with Gasteiger partial charge in [-0.15, -0.1) is 0 Å². The van der Waals surface area contributed by atoms with E-state index in [1.165, 1.54) is 11.1 Å². The van der Waals surface area contributed by atoms with Gasteiger partial charge in [0, 0.05) is 6.42 Å². The molecule has 0 saturated heterocycles. The van der Waals surface area contributed by atoms with E-state index >= 15 is 87.8 Å². The molecule has 0 nitrogen and oxygen atoms in total. The lowest BCUT2D eigenvalue weighted by atomic mass is 9.02. The Morgan fingerprint density at radius 3 is 0.832 bits per heavy atom. The molecule has 0 radical (unpaired) electrons. The van der Waals surface area contributed by atoms with Crippen LogP contribution >= 0.6 is 8.58 Å². The Labute approximate surface area is 519 Å². The molecule has 4 aliphatic rings. The Bertz CT molecular complexity index is 3710. The Hall–Kier alpha value is -7.33. The lowest BCUT2D eigenvalue weighted by Crippen LogP contribution is -2.59. The molecule has 6 aromatic carbocycles. The second-order valence-electron chi connectivity index (χ2n) is 22.4. The molecule has 95 heavy (non-hydrogen) atoms. The van der Waals surface area contributed by atoms with E-state index in [1.807, 2.05) is 26.0 Å². The molecule has 0 N–H and O–H groups in total. The summed E-state index contributed by atoms with van der Waals surface area (Å²) in [6, 6.07) is 20.8. The Kier molecular flexibility index (Phi) is 21.4. The first-order chi connectivity index (χ1) is 44.4. The monoisotopic (exact) mass is 1410 g/mol. The van der Waals surface area contributed by atoms with Gasteiger partial charge in [0.2, 0.25) is 0 Å². The normalized spacial score (nSPS) is 18.4. The highest BCUT2D eigenvalue weighted by molar-refractivity contribution is 7.39. The first-order valence-electron chi connectivity index (χ1n) is 28.3. The van der Waals surface area contributed by atoms with E-state index in [1.54, 1.807) is 0 Å². The molecule has 0 aromatic heterocycles. The van der Waals surface area contributed by atoms with E-state index in [4.69, 9.17) is 0 Å². The van der Waals surface area contributed by atoms with E-state index in [-0.39, 0.29) is 12.6 Å². The summed E-state index contributed by atoms with van der Waals surface area (Å²) >= 11 is 0. The number of benzene rings is 6. The van der Waals surface area contributed by atoms with Crippen molar-refractivity contribution >= 4 is 38.0 Å². The molecule has 0 aliphatic heterocycles. The van der Waals surface area contributed by atoms with Crippen LogP contribution in [-0.4, -0.2) is 29.8 Å². The van der Waals surface area contributed by atoms with Gasteiger partial charge in [0.15, 0.2) is 116 Å². The number of rotatable bonds is 18. The van der Waals surface area contributed by atoms with Crippen molar-refractivity contribution in [2.45, 2.75) is 112 Å². The van der Waals surface area contributed by atoms with Gasteiger partial charge in [0.1, 0.15) is 23.3 Å². The van der Waals surface area contributed by atoms with E-state index in [0.717, 1.165) is 19.3 Å². The zero-order valence-electron chi connectivity index (χ0n) is 48.1. The summed E-state index contributed by atoms with van der Waals surface area (Å²) in [4.78, 5) is 0. The van der Waals surface area contributed by atoms with Gasteiger partial charge < -0.3 is 0 Å². The Morgan fingerprint density at radius 2 is 0.568 bits per heavy atom. The maximum absolute atomic E-state index is 17.0. The first kappa shape index (κ1) is 73.5. The molecule has 0 bridgehead atoms. The Morgan fingerprint density at radius 1 is 0.316 bits per heavy atom. The molecule has 10 rings (SSSR count). The maximum atomic E-state index is 17.0. The lowest BCUT2D eigenvalue weighted by Gasteiger charge is -2.57. The van der Waals surface area contributed by atoms with Crippen LogP contribution in [0.3, 0.4) is 0 Å². The van der Waals surface area contributed by atoms with Crippen LogP contribution in [-0.2, 0) is 0 Å². The number of hydrogen-bond donors (Lipinski definition) is 0. The van der Waals surface area contributed by atoms with Crippen LogP contribution in [0.1, 0.15) is 139 Å². The minimum Gasteiger partial charge on any atom is -0.212 e. The third kappa shape index (κ3) is 11.8. The zero-order chi connectivity index (χ0) is 70.8. The van der Waals surface area contributed by atoms with E-state index < -0.39 is 246 Å². The topological polar surface area (TPSA) is 0 Å². The van der Waals surface area contributed by atoms with Crippen molar-refractivity contribution in [3.05, 3.63) is 222 Å². The summed E-state index contributed by atoms with van der Waals surface area (Å²) in [5.74, 6) is -106. The van der Waals surface area contributed by atoms with Crippen LogP contribution in [0.5, 0.6) is 0 Å². The van der Waals surface area contributed by atoms with Crippen LogP contribution in [0.4, 0.5) is 132 Å². The second kappa shape index (κ2) is 27.7. The van der Waals surface area contributed by atoms with Gasteiger partial charge in [-0.3, -0.25) is 0 Å². The van der Waals surface area contributed by atoms with Crippen molar-refractivity contribution in [2.75, 3.05) is 6.16 Å². The van der Waals surface area contributed by atoms with Crippen molar-refractivity contribution in [1.29, 1.82) is 0 Å². The zero-order valence-corrected chi connectivity index (χ0v) is 49.3. The third-order valence-corrected chi connectivity index (χ3v) is 18.7. The molecular weight excluding hydrogens is 1370 g/mol. The van der Waals surface area contributed by atoms with Crippen LogP contribution in [0, 0.1) is 93.1 Å². The van der Waals surface area contributed by atoms with Crippen LogP contribution in [0.15, 0.2) is 84.0 Å². The summed E-state index contributed by atoms with van der Waals surface area (Å²) in [6.07, 6.45) is -3.65. The lowest BCUT2D eigenvalue weighted by molar-refractivity contribution is -0.280. The largest absolute Gasteiger partial charge is 0.417 e. The molecule has 0 spiro atoms. The van der Waals surface area contributed by atoms with Gasteiger partial charge in [-0.2, -0.15) is 26.3 Å². The molecule has 0 fully saturated rings. The average molecular weight is 1410 g/mol. The quantitative estimate of drug-likeness (QED) is 0.0201. The van der Waals surface area contributed by atoms with Gasteiger partial charge in [-0.25, -0.2) is 105 Å². The van der Waals surface area contributed by atoms with Crippen LogP contribution in [0.25, 0.3) is 34.4 Å². The van der Waals surface area contributed by atoms with Gasteiger partial charge in [0.25, 0.3) is 0 Å². The fraction of sp³-hybridized carbons (Fsp3) is 0.302. The number of alkyl halides is 6. The number of fused-ring (bicyclic) bond motifs is 4. The number of hydrogen-bond acceptors (Lipinski definition) is 0. The minimum absolute atomic E-state index is 0.0749. The van der Waals surface area contributed by atoms with Crippen molar-refractivity contribution in [1.82, 2.24) is 0 Å². The molecule has 0 saturated carbocycles. The smallest absolute Gasteiger partial charge is 0.212 e. The SMILES string of the molecule is CCCCCC[PH2+]C(F)(F)C(F)(F)C(F)(F)CCCCCC.FC1=C(F)C([B-](C2C(F)=C(F)c3c(F)c(F)c(F)c(F)c32)(C2C(F)=C(F)c3c(F)c(F)c(F)c(F)c32)C2C(F)=C(F)c3c(F)c(F)c(F)c(F)c32)c2c(F)c(F)c(F)c(F)c21.c1ccc(-c2ccccc2)cc1. The maximum Gasteiger partial charge on any atom is 0.417 e. The Balaban J connectivity index is 0.000000277. The predicted molar refractivity (Wildman–Crippen MR) is 293 cm³/mol. The summed E-state index contributed by atoms with van der Waals surface area (Å²) in [6.45, 7) is 3.79. The van der Waals surface area contributed by atoms with Crippen molar-refractivity contribution in [2.24, 2.45) is 0 Å². The van der Waals surface area contributed by atoms with Crippen molar-refractivity contribution < 1.29 is 132 Å².